The van der Waals surface area contributed by atoms with Gasteiger partial charge in [0, 0.05) is 13.1 Å². The molecule has 0 saturated carbocycles. The normalized spacial score (nSPS) is 16.2. The summed E-state index contributed by atoms with van der Waals surface area (Å²) in [6.07, 6.45) is 1.94. The molecule has 24 heavy (non-hydrogen) atoms. The second-order valence-corrected chi connectivity index (χ2v) is 8.21. The van der Waals surface area contributed by atoms with E-state index in [9.17, 15) is 13.2 Å². The summed E-state index contributed by atoms with van der Waals surface area (Å²) >= 11 is 0. The maximum absolute atomic E-state index is 12.5. The lowest BCUT2D eigenvalue weighted by atomic mass is 9.99. The van der Waals surface area contributed by atoms with Gasteiger partial charge in [-0.15, -0.1) is 0 Å². The monoisotopic (exact) mass is 354 g/mol. The number of piperidine rings is 1. The first-order chi connectivity index (χ1) is 11.2. The van der Waals surface area contributed by atoms with Gasteiger partial charge < -0.3 is 9.64 Å². The molecule has 0 radical (unpaired) electrons. The second-order valence-electron chi connectivity index (χ2n) is 6.48. The zero-order valence-electron chi connectivity index (χ0n) is 14.8. The zero-order chi connectivity index (χ0) is 17.9. The van der Waals surface area contributed by atoms with Crippen molar-refractivity contribution in [3.8, 4) is 5.75 Å². The van der Waals surface area contributed by atoms with Crippen molar-refractivity contribution in [1.29, 1.82) is 0 Å². The Morgan fingerprint density at radius 1 is 1.25 bits per heavy atom. The number of aryl methyl sites for hydroxylation is 2. The molecule has 0 spiro atoms. The van der Waals surface area contributed by atoms with Gasteiger partial charge in [0.1, 0.15) is 5.75 Å². The zero-order valence-corrected chi connectivity index (χ0v) is 15.6. The van der Waals surface area contributed by atoms with Gasteiger partial charge in [0.25, 0.3) is 0 Å². The predicted molar refractivity (Wildman–Crippen MR) is 92.6 cm³/mol. The molecule has 0 atom stereocenters. The van der Waals surface area contributed by atoms with Crippen molar-refractivity contribution in [2.24, 2.45) is 5.92 Å². The van der Waals surface area contributed by atoms with Gasteiger partial charge in [-0.1, -0.05) is 6.92 Å². The molecule has 1 fully saturated rings. The number of hydrogen-bond acceptors (Lipinski definition) is 4. The number of nitrogens with zero attached hydrogens (tertiary/aromatic N) is 1. The first-order valence-electron chi connectivity index (χ1n) is 8.17. The van der Waals surface area contributed by atoms with E-state index in [0.717, 1.165) is 18.4 Å². The molecule has 1 aromatic carbocycles. The summed E-state index contributed by atoms with van der Waals surface area (Å²) in [4.78, 5) is 14.1. The van der Waals surface area contributed by atoms with Crippen LogP contribution in [-0.2, 0) is 14.8 Å². The minimum Gasteiger partial charge on any atom is -0.496 e. The van der Waals surface area contributed by atoms with E-state index in [-0.39, 0.29) is 17.3 Å². The van der Waals surface area contributed by atoms with Crippen molar-refractivity contribution >= 4 is 15.9 Å². The summed E-state index contributed by atoms with van der Waals surface area (Å²) in [6.45, 7) is 6.85. The third-order valence-electron chi connectivity index (χ3n) is 4.53. The van der Waals surface area contributed by atoms with E-state index >= 15 is 0 Å². The third kappa shape index (κ3) is 4.27. The summed E-state index contributed by atoms with van der Waals surface area (Å²) in [5.41, 5.74) is 1.32. The number of carbonyl (C=O) groups is 1. The molecule has 2 rings (SSSR count). The molecule has 0 aromatic heterocycles. The van der Waals surface area contributed by atoms with Crippen molar-refractivity contribution in [2.45, 2.75) is 38.5 Å². The molecule has 1 heterocycles. The quantitative estimate of drug-likeness (QED) is 0.875. The molecule has 7 heteroatoms. The minimum atomic E-state index is -3.74. The topological polar surface area (TPSA) is 75.7 Å². The molecule has 0 unspecified atom stereocenters. The number of likely N-dealkylation sites (tertiary alicyclic amines) is 1. The Kier molecular flexibility index (Phi) is 5.87. The van der Waals surface area contributed by atoms with Crippen LogP contribution in [0.1, 0.15) is 30.9 Å². The van der Waals surface area contributed by atoms with Crippen LogP contribution in [0, 0.1) is 19.8 Å². The first kappa shape index (κ1) is 18.7. The summed E-state index contributed by atoms with van der Waals surface area (Å²) < 4.78 is 32.7. The average molecular weight is 354 g/mol. The van der Waals surface area contributed by atoms with Gasteiger partial charge in [0.05, 0.1) is 18.6 Å². The third-order valence-corrected chi connectivity index (χ3v) is 6.07. The van der Waals surface area contributed by atoms with Crippen LogP contribution >= 0.6 is 0 Å². The molecule has 1 N–H and O–H groups in total. The van der Waals surface area contributed by atoms with E-state index in [0.29, 0.717) is 30.3 Å². The average Bonchev–Trinajstić information content (AvgIpc) is 2.55. The number of hydrogen-bond donors (Lipinski definition) is 1. The highest BCUT2D eigenvalue weighted by atomic mass is 32.2. The van der Waals surface area contributed by atoms with E-state index in [4.69, 9.17) is 4.74 Å². The fourth-order valence-corrected chi connectivity index (χ4v) is 4.16. The van der Waals surface area contributed by atoms with Crippen molar-refractivity contribution in [2.75, 3.05) is 26.7 Å². The number of ether oxygens (including phenoxy) is 1. The lowest BCUT2D eigenvalue weighted by molar-refractivity contribution is -0.131. The van der Waals surface area contributed by atoms with Crippen LogP contribution in [0.4, 0.5) is 0 Å². The predicted octanol–water partition coefficient (Wildman–Crippen LogP) is 1.85. The van der Waals surface area contributed by atoms with Crippen LogP contribution < -0.4 is 9.46 Å². The van der Waals surface area contributed by atoms with E-state index in [2.05, 4.69) is 11.6 Å². The number of benzene rings is 1. The number of carbonyl (C=O) groups excluding carboxylic acids is 1. The molecule has 0 aliphatic carbocycles. The lowest BCUT2D eigenvalue weighted by Gasteiger charge is -2.30. The maximum atomic E-state index is 12.5. The van der Waals surface area contributed by atoms with E-state index in [1.807, 2.05) is 0 Å². The SMILES string of the molecule is COc1cc(C)c(S(=O)(=O)NCC(=O)N2CCC(C)CC2)cc1C. The molecule has 1 aromatic rings. The summed E-state index contributed by atoms with van der Waals surface area (Å²) in [6, 6.07) is 3.27. The fraction of sp³-hybridized carbons (Fsp3) is 0.588. The molecule has 1 aliphatic heterocycles. The van der Waals surface area contributed by atoms with Crippen LogP contribution in [0.25, 0.3) is 0 Å². The molecule has 1 aliphatic rings. The Bertz CT molecular complexity index is 708. The number of methoxy groups -OCH3 is 1. The van der Waals surface area contributed by atoms with E-state index < -0.39 is 10.0 Å². The van der Waals surface area contributed by atoms with Gasteiger partial charge in [-0.25, -0.2) is 13.1 Å². The molecular weight excluding hydrogens is 328 g/mol. The summed E-state index contributed by atoms with van der Waals surface area (Å²) in [5, 5.41) is 0. The van der Waals surface area contributed by atoms with E-state index in [1.165, 1.54) is 0 Å². The smallest absolute Gasteiger partial charge is 0.241 e. The summed E-state index contributed by atoms with van der Waals surface area (Å²) in [5.74, 6) is 1.09. The molecule has 1 amide bonds. The van der Waals surface area contributed by atoms with Crippen molar-refractivity contribution in [1.82, 2.24) is 9.62 Å². The minimum absolute atomic E-state index is 0.173. The van der Waals surface area contributed by atoms with Crippen molar-refractivity contribution in [3.05, 3.63) is 23.3 Å². The standard InChI is InChI=1S/C17H26N2O4S/c1-12-5-7-19(8-6-12)17(20)11-18-24(21,22)16-10-13(2)15(23-4)9-14(16)3/h9-10,12,18H,5-8,11H2,1-4H3. The van der Waals surface area contributed by atoms with Crippen LogP contribution in [0.2, 0.25) is 0 Å². The van der Waals surface area contributed by atoms with Gasteiger partial charge in [0.15, 0.2) is 0 Å². The lowest BCUT2D eigenvalue weighted by Crippen LogP contribution is -2.43. The fourth-order valence-electron chi connectivity index (χ4n) is 2.88. The highest BCUT2D eigenvalue weighted by Gasteiger charge is 2.23. The van der Waals surface area contributed by atoms with Crippen molar-refractivity contribution in [3.63, 3.8) is 0 Å². The Hall–Kier alpha value is -1.60. The Morgan fingerprint density at radius 2 is 1.88 bits per heavy atom. The van der Waals surface area contributed by atoms with Crippen LogP contribution in [-0.4, -0.2) is 46.0 Å². The van der Waals surface area contributed by atoms with E-state index in [1.54, 1.807) is 38.0 Å². The van der Waals surface area contributed by atoms with Crippen LogP contribution in [0.5, 0.6) is 5.75 Å². The first-order valence-corrected chi connectivity index (χ1v) is 9.65. The van der Waals surface area contributed by atoms with Gasteiger partial charge in [-0.05, 0) is 55.9 Å². The summed E-state index contributed by atoms with van der Waals surface area (Å²) in [7, 11) is -2.19. The van der Waals surface area contributed by atoms with Crippen LogP contribution in [0.15, 0.2) is 17.0 Å². The molecular formula is C17H26N2O4S. The highest BCUT2D eigenvalue weighted by Crippen LogP contribution is 2.25. The van der Waals surface area contributed by atoms with Crippen molar-refractivity contribution < 1.29 is 17.9 Å². The number of sulfonamides is 1. The van der Waals surface area contributed by atoms with Gasteiger partial charge in [-0.2, -0.15) is 0 Å². The van der Waals surface area contributed by atoms with Gasteiger partial charge in [0.2, 0.25) is 15.9 Å². The van der Waals surface area contributed by atoms with Crippen LogP contribution in [0.3, 0.4) is 0 Å². The Morgan fingerprint density at radius 3 is 2.46 bits per heavy atom. The Balaban J connectivity index is 2.06. The molecule has 6 nitrogen and oxygen atoms in total. The molecule has 134 valence electrons. The Labute approximate surface area is 144 Å². The maximum Gasteiger partial charge on any atom is 0.241 e. The number of amides is 1. The number of rotatable bonds is 5. The largest absolute Gasteiger partial charge is 0.496 e. The second kappa shape index (κ2) is 7.53. The van der Waals surface area contributed by atoms with Gasteiger partial charge in [-0.3, -0.25) is 4.79 Å². The molecule has 1 saturated heterocycles. The highest BCUT2D eigenvalue weighted by molar-refractivity contribution is 7.89. The number of nitrogens with one attached hydrogen (secondary N) is 1. The van der Waals surface area contributed by atoms with Gasteiger partial charge >= 0.3 is 0 Å². The molecule has 0 bridgehead atoms.